The maximum atomic E-state index is 12.1. The van der Waals surface area contributed by atoms with Gasteiger partial charge >= 0.3 is 12.1 Å². The molecule has 11 nitrogen and oxygen atoms in total. The molecule has 0 bridgehead atoms. The minimum absolute atomic E-state index is 0.185. The molecule has 1 aliphatic heterocycles. The van der Waals surface area contributed by atoms with Gasteiger partial charge in [0.2, 0.25) is 0 Å². The molecule has 34 heavy (non-hydrogen) atoms. The Bertz CT molecular complexity index is 1230. The van der Waals surface area contributed by atoms with Gasteiger partial charge in [-0.25, -0.2) is 14.6 Å². The molecule has 2 N–H and O–H groups in total. The van der Waals surface area contributed by atoms with Gasteiger partial charge in [-0.15, -0.1) is 0 Å². The molecule has 1 saturated heterocycles. The molecule has 1 amide bonds. The summed E-state index contributed by atoms with van der Waals surface area (Å²) in [6.07, 6.45) is 1.23. The predicted molar refractivity (Wildman–Crippen MR) is 131 cm³/mol. The normalized spacial score (nSPS) is 17.6. The lowest BCUT2D eigenvalue weighted by molar-refractivity contribution is -0.141. The number of methoxy groups -OCH3 is 3. The van der Waals surface area contributed by atoms with Crippen molar-refractivity contribution in [1.29, 1.82) is 0 Å². The first-order valence-electron chi connectivity index (χ1n) is 10.4. The predicted octanol–water partition coefficient (Wildman–Crippen LogP) is 3.13. The van der Waals surface area contributed by atoms with Crippen molar-refractivity contribution in [1.82, 2.24) is 19.7 Å². The molecule has 3 heterocycles. The van der Waals surface area contributed by atoms with Crippen LogP contribution in [-0.4, -0.2) is 70.7 Å². The van der Waals surface area contributed by atoms with Crippen LogP contribution in [0, 0.1) is 3.70 Å². The number of nitrogens with one attached hydrogen (secondary N) is 1. The van der Waals surface area contributed by atoms with Crippen LogP contribution >= 0.6 is 22.6 Å². The molecule has 2 aromatic heterocycles. The number of ether oxygens (including phenoxy) is 3. The summed E-state index contributed by atoms with van der Waals surface area (Å²) in [5.41, 5.74) is 1.72. The zero-order valence-corrected chi connectivity index (χ0v) is 21.0. The molecular weight excluding hydrogens is 557 g/mol. The van der Waals surface area contributed by atoms with E-state index >= 15 is 0 Å². The number of aliphatic carboxylic acids is 1. The molecule has 180 valence electrons. The first kappa shape index (κ1) is 23.9. The standard InChI is InChI=1S/C22H24IN5O6/c1-32-14-5-4-12(17(9-14)33-2)10-25-20-18-15(6-7-24-20)28(26-19(18)23)13-8-16(21(29)30)27(11-13)22(31)34-3/h4-7,9,13,16H,8,10-11H2,1-3H3,(H,24,25)(H,29,30)/t13-,16+/m0/s1. The smallest absolute Gasteiger partial charge is 0.410 e. The minimum atomic E-state index is -1.07. The third-order valence-corrected chi connectivity index (χ3v) is 6.59. The summed E-state index contributed by atoms with van der Waals surface area (Å²) < 4.78 is 18.0. The molecule has 0 unspecified atom stereocenters. The summed E-state index contributed by atoms with van der Waals surface area (Å²) in [5, 5.41) is 18.4. The summed E-state index contributed by atoms with van der Waals surface area (Å²) in [6.45, 7) is 0.645. The van der Waals surface area contributed by atoms with Crippen LogP contribution in [0.5, 0.6) is 11.5 Å². The molecule has 0 saturated carbocycles. The van der Waals surface area contributed by atoms with Crippen molar-refractivity contribution in [2.45, 2.75) is 25.0 Å². The number of likely N-dealkylation sites (tertiary alicyclic amines) is 1. The van der Waals surface area contributed by atoms with Gasteiger partial charge in [0.25, 0.3) is 0 Å². The van der Waals surface area contributed by atoms with E-state index in [0.717, 1.165) is 16.5 Å². The Balaban J connectivity index is 1.63. The second kappa shape index (κ2) is 9.91. The Kier molecular flexibility index (Phi) is 6.95. The van der Waals surface area contributed by atoms with Crippen LogP contribution in [0.1, 0.15) is 18.0 Å². The molecule has 3 aromatic rings. The van der Waals surface area contributed by atoms with Crippen LogP contribution in [0.2, 0.25) is 0 Å². The number of rotatable bonds is 7. The Hall–Kier alpha value is -3.29. The lowest BCUT2D eigenvalue weighted by Crippen LogP contribution is -2.40. The molecule has 4 rings (SSSR count). The zero-order valence-electron chi connectivity index (χ0n) is 18.8. The summed E-state index contributed by atoms with van der Waals surface area (Å²) in [6, 6.07) is 6.14. The first-order chi connectivity index (χ1) is 16.4. The van der Waals surface area contributed by atoms with Crippen LogP contribution in [0.3, 0.4) is 0 Å². The van der Waals surface area contributed by atoms with Gasteiger partial charge in [-0.05, 0) is 40.8 Å². The Labute approximate surface area is 209 Å². The van der Waals surface area contributed by atoms with E-state index in [4.69, 9.17) is 14.2 Å². The van der Waals surface area contributed by atoms with Gasteiger partial charge in [0.1, 0.15) is 27.1 Å². The zero-order chi connectivity index (χ0) is 24.4. The largest absolute Gasteiger partial charge is 0.497 e. The van der Waals surface area contributed by atoms with Crippen LogP contribution in [0.4, 0.5) is 10.6 Å². The van der Waals surface area contributed by atoms with E-state index < -0.39 is 18.1 Å². The highest BCUT2D eigenvalue weighted by Crippen LogP contribution is 2.34. The van der Waals surface area contributed by atoms with Crippen LogP contribution in [0.25, 0.3) is 10.9 Å². The summed E-state index contributed by atoms with van der Waals surface area (Å²) in [4.78, 5) is 29.6. The van der Waals surface area contributed by atoms with E-state index in [1.54, 1.807) is 25.1 Å². The lowest BCUT2D eigenvalue weighted by Gasteiger charge is -2.19. The average molecular weight is 581 g/mol. The number of fused-ring (bicyclic) bond motifs is 1. The monoisotopic (exact) mass is 581 g/mol. The molecular formula is C22H24IN5O6. The van der Waals surface area contributed by atoms with E-state index in [1.165, 1.54) is 12.0 Å². The van der Waals surface area contributed by atoms with Crippen molar-refractivity contribution in [2.24, 2.45) is 0 Å². The van der Waals surface area contributed by atoms with Crippen molar-refractivity contribution < 1.29 is 28.9 Å². The van der Waals surface area contributed by atoms with Crippen LogP contribution in [0.15, 0.2) is 30.5 Å². The number of carboxylic acid groups (broad SMARTS) is 1. The van der Waals surface area contributed by atoms with E-state index in [1.807, 2.05) is 24.3 Å². The third-order valence-electron chi connectivity index (χ3n) is 5.84. The number of halogens is 1. The molecule has 1 aliphatic rings. The van der Waals surface area contributed by atoms with E-state index in [-0.39, 0.29) is 19.0 Å². The van der Waals surface area contributed by atoms with Gasteiger partial charge in [-0.2, -0.15) is 5.10 Å². The number of pyridine rings is 1. The van der Waals surface area contributed by atoms with E-state index in [2.05, 4.69) is 38.0 Å². The quantitative estimate of drug-likeness (QED) is 0.405. The van der Waals surface area contributed by atoms with Crippen molar-refractivity contribution in [3.8, 4) is 11.5 Å². The van der Waals surface area contributed by atoms with E-state index in [9.17, 15) is 14.7 Å². The molecule has 1 fully saturated rings. The fraction of sp³-hybridized carbons (Fsp3) is 0.364. The fourth-order valence-corrected chi connectivity index (χ4v) is 4.94. The van der Waals surface area contributed by atoms with Gasteiger partial charge in [0, 0.05) is 37.3 Å². The number of carbonyl (C=O) groups is 2. The van der Waals surface area contributed by atoms with Crippen LogP contribution < -0.4 is 14.8 Å². The molecule has 0 radical (unpaired) electrons. The highest BCUT2D eigenvalue weighted by molar-refractivity contribution is 14.1. The average Bonchev–Trinajstić information content (AvgIpc) is 3.44. The molecule has 12 heteroatoms. The summed E-state index contributed by atoms with van der Waals surface area (Å²) >= 11 is 2.14. The number of hydrogen-bond donors (Lipinski definition) is 2. The maximum Gasteiger partial charge on any atom is 0.410 e. The second-order valence-corrected chi connectivity index (χ2v) is 8.71. The lowest BCUT2D eigenvalue weighted by atomic mass is 10.1. The van der Waals surface area contributed by atoms with Crippen molar-refractivity contribution in [3.63, 3.8) is 0 Å². The maximum absolute atomic E-state index is 12.1. The fourth-order valence-electron chi connectivity index (χ4n) is 4.18. The number of carbonyl (C=O) groups excluding carboxylic acids is 1. The molecule has 2 atom stereocenters. The molecule has 0 aliphatic carbocycles. The Morgan fingerprint density at radius 2 is 2.03 bits per heavy atom. The van der Waals surface area contributed by atoms with Gasteiger partial charge in [0.05, 0.1) is 38.3 Å². The molecule has 1 aromatic carbocycles. The third kappa shape index (κ3) is 4.41. The molecule has 0 spiro atoms. The summed E-state index contributed by atoms with van der Waals surface area (Å²) in [5.74, 6) is 0.965. The second-order valence-electron chi connectivity index (χ2n) is 7.69. The number of amides is 1. The van der Waals surface area contributed by atoms with Gasteiger partial charge in [0.15, 0.2) is 0 Å². The van der Waals surface area contributed by atoms with Gasteiger partial charge in [-0.1, -0.05) is 0 Å². The highest BCUT2D eigenvalue weighted by atomic mass is 127. The first-order valence-corrected chi connectivity index (χ1v) is 11.5. The Morgan fingerprint density at radius 3 is 2.71 bits per heavy atom. The topological polar surface area (TPSA) is 128 Å². The number of carboxylic acids is 1. The van der Waals surface area contributed by atoms with Crippen molar-refractivity contribution >= 4 is 51.4 Å². The highest BCUT2D eigenvalue weighted by Gasteiger charge is 2.42. The SMILES string of the molecule is COC(=O)N1C[C@@H](n2nc(I)c3c(NCc4ccc(OC)cc4OC)nccc32)C[C@@H]1C(=O)O. The number of hydrogen-bond acceptors (Lipinski definition) is 8. The number of nitrogens with zero attached hydrogens (tertiary/aromatic N) is 4. The minimum Gasteiger partial charge on any atom is -0.497 e. The van der Waals surface area contributed by atoms with Crippen molar-refractivity contribution in [3.05, 3.63) is 39.7 Å². The van der Waals surface area contributed by atoms with Crippen LogP contribution in [-0.2, 0) is 16.1 Å². The van der Waals surface area contributed by atoms with Crippen molar-refractivity contribution in [2.75, 3.05) is 33.2 Å². The van der Waals surface area contributed by atoms with Gasteiger partial charge < -0.3 is 24.6 Å². The summed E-state index contributed by atoms with van der Waals surface area (Å²) in [7, 11) is 4.44. The van der Waals surface area contributed by atoms with Gasteiger partial charge in [-0.3, -0.25) is 9.58 Å². The number of aromatic nitrogens is 3. The van der Waals surface area contributed by atoms with E-state index in [0.29, 0.717) is 27.6 Å². The number of benzene rings is 1. The Morgan fingerprint density at radius 1 is 1.24 bits per heavy atom. The number of anilines is 1.